The summed E-state index contributed by atoms with van der Waals surface area (Å²) in [5.41, 5.74) is 2.05. The number of anilines is 3. The van der Waals surface area contributed by atoms with E-state index in [0.717, 1.165) is 22.1 Å². The largest absolute Gasteiger partial charge is 0.496 e. The number of ether oxygens (including phenoxy) is 1. The topological polar surface area (TPSA) is 95.6 Å². The van der Waals surface area contributed by atoms with Crippen molar-refractivity contribution in [3.63, 3.8) is 0 Å². The fourth-order valence-corrected chi connectivity index (χ4v) is 3.02. The van der Waals surface area contributed by atoms with Crippen molar-refractivity contribution in [3.05, 3.63) is 54.2 Å². The summed E-state index contributed by atoms with van der Waals surface area (Å²) >= 11 is 0. The van der Waals surface area contributed by atoms with Gasteiger partial charge in [-0.1, -0.05) is 12.1 Å². The maximum Gasteiger partial charge on any atom is 0.320 e. The molecule has 0 saturated heterocycles. The second-order valence-corrected chi connectivity index (χ2v) is 6.82. The van der Waals surface area contributed by atoms with Crippen molar-refractivity contribution in [2.75, 3.05) is 38.4 Å². The van der Waals surface area contributed by atoms with E-state index in [-0.39, 0.29) is 11.9 Å². The van der Waals surface area contributed by atoms with E-state index < -0.39 is 0 Å². The van der Waals surface area contributed by atoms with Gasteiger partial charge >= 0.3 is 6.03 Å². The molecule has 30 heavy (non-hydrogen) atoms. The molecule has 0 unspecified atom stereocenters. The monoisotopic (exact) mass is 407 g/mol. The van der Waals surface area contributed by atoms with Crippen LogP contribution in [0.15, 0.2) is 48.7 Å². The molecular weight excluding hydrogens is 382 g/mol. The minimum atomic E-state index is -0.296. The number of urea groups is 1. The van der Waals surface area contributed by atoms with Crippen LogP contribution in [-0.2, 0) is 0 Å². The summed E-state index contributed by atoms with van der Waals surface area (Å²) in [7, 11) is 4.94. The smallest absolute Gasteiger partial charge is 0.320 e. The first kappa shape index (κ1) is 20.9. The van der Waals surface area contributed by atoms with Crippen LogP contribution in [-0.4, -0.2) is 49.6 Å². The summed E-state index contributed by atoms with van der Waals surface area (Å²) in [6.07, 6.45) is 1.70. The molecule has 0 spiro atoms. The average Bonchev–Trinajstić information content (AvgIpc) is 2.73. The molecule has 0 radical (unpaired) electrons. The predicted molar refractivity (Wildman–Crippen MR) is 119 cm³/mol. The fourth-order valence-electron chi connectivity index (χ4n) is 3.02. The molecule has 1 heterocycles. The third-order valence-electron chi connectivity index (χ3n) is 4.46. The molecule has 8 nitrogen and oxygen atoms in total. The molecule has 3 amide bonds. The highest BCUT2D eigenvalue weighted by Gasteiger charge is 2.15. The van der Waals surface area contributed by atoms with Gasteiger partial charge in [-0.25, -0.2) is 9.78 Å². The number of methoxy groups -OCH3 is 1. The van der Waals surface area contributed by atoms with Crippen LogP contribution in [0.1, 0.15) is 17.3 Å². The second-order valence-electron chi connectivity index (χ2n) is 6.82. The van der Waals surface area contributed by atoms with Crippen molar-refractivity contribution in [2.45, 2.75) is 6.92 Å². The van der Waals surface area contributed by atoms with Gasteiger partial charge in [0.15, 0.2) is 0 Å². The molecule has 3 rings (SSSR count). The summed E-state index contributed by atoms with van der Waals surface area (Å²) in [5.74, 6) is 0.838. The summed E-state index contributed by atoms with van der Waals surface area (Å²) in [6, 6.07) is 12.7. The van der Waals surface area contributed by atoms with Crippen molar-refractivity contribution < 1.29 is 14.3 Å². The number of carbonyl (C=O) groups is 2. The minimum absolute atomic E-state index is 0.142. The van der Waals surface area contributed by atoms with E-state index >= 15 is 0 Å². The Hall–Kier alpha value is -3.81. The molecule has 0 aliphatic rings. The number of benzene rings is 2. The Balaban J connectivity index is 1.91. The zero-order valence-corrected chi connectivity index (χ0v) is 17.4. The SMILES string of the molecule is CCNC(=O)Nc1cc2cccc(Nc3ccc(OC)c(C(=O)N(C)C)c3)c2cn1. The van der Waals surface area contributed by atoms with Crippen LogP contribution in [0.2, 0.25) is 0 Å². The molecule has 0 fully saturated rings. The lowest BCUT2D eigenvalue weighted by molar-refractivity contribution is 0.0824. The standard InChI is InChI=1S/C22H25N5O3/c1-5-23-22(29)26-20-11-14-7-6-8-18(17(14)13-24-20)25-15-9-10-19(30-4)16(12-15)21(28)27(2)3/h6-13,25H,5H2,1-4H3,(H2,23,24,26,29). The van der Waals surface area contributed by atoms with Crippen LogP contribution in [0.25, 0.3) is 10.8 Å². The van der Waals surface area contributed by atoms with Crippen molar-refractivity contribution >= 4 is 39.9 Å². The zero-order chi connectivity index (χ0) is 21.7. The fraction of sp³-hybridized carbons (Fsp3) is 0.227. The lowest BCUT2D eigenvalue weighted by Crippen LogP contribution is -2.28. The van der Waals surface area contributed by atoms with Crippen LogP contribution in [0, 0.1) is 0 Å². The molecule has 0 aliphatic carbocycles. The number of pyridine rings is 1. The lowest BCUT2D eigenvalue weighted by atomic mass is 10.1. The van der Waals surface area contributed by atoms with Gasteiger partial charge in [0, 0.05) is 43.6 Å². The third kappa shape index (κ3) is 4.60. The molecule has 1 aromatic heterocycles. The zero-order valence-electron chi connectivity index (χ0n) is 17.4. The number of hydrogen-bond donors (Lipinski definition) is 3. The number of aromatic nitrogens is 1. The first-order valence-corrected chi connectivity index (χ1v) is 9.53. The van der Waals surface area contributed by atoms with Crippen LogP contribution < -0.4 is 20.7 Å². The normalized spacial score (nSPS) is 10.4. The van der Waals surface area contributed by atoms with Crippen LogP contribution in [0.5, 0.6) is 5.75 Å². The molecule has 0 aliphatic heterocycles. The van der Waals surface area contributed by atoms with E-state index in [9.17, 15) is 9.59 Å². The number of carbonyl (C=O) groups excluding carboxylic acids is 2. The van der Waals surface area contributed by atoms with Crippen molar-refractivity contribution in [1.29, 1.82) is 0 Å². The maximum absolute atomic E-state index is 12.5. The maximum atomic E-state index is 12.5. The van der Waals surface area contributed by atoms with Gasteiger partial charge in [0.05, 0.1) is 12.7 Å². The van der Waals surface area contributed by atoms with Crippen LogP contribution >= 0.6 is 0 Å². The van der Waals surface area contributed by atoms with Crippen molar-refractivity contribution in [3.8, 4) is 5.75 Å². The molecule has 0 bridgehead atoms. The van der Waals surface area contributed by atoms with E-state index in [1.807, 2.05) is 37.3 Å². The highest BCUT2D eigenvalue weighted by atomic mass is 16.5. The van der Waals surface area contributed by atoms with Gasteiger partial charge in [-0.05, 0) is 42.6 Å². The highest BCUT2D eigenvalue weighted by molar-refractivity contribution is 6.00. The molecule has 8 heteroatoms. The summed E-state index contributed by atoms with van der Waals surface area (Å²) in [6.45, 7) is 2.38. The Kier molecular flexibility index (Phi) is 6.36. The summed E-state index contributed by atoms with van der Waals surface area (Å²) in [5, 5.41) is 10.5. The number of hydrogen-bond acceptors (Lipinski definition) is 5. The first-order chi connectivity index (χ1) is 14.4. The van der Waals surface area contributed by atoms with Gasteiger partial charge in [0.25, 0.3) is 5.91 Å². The number of fused-ring (bicyclic) bond motifs is 1. The van der Waals surface area contributed by atoms with E-state index in [0.29, 0.717) is 23.7 Å². The Morgan fingerprint density at radius 3 is 2.63 bits per heavy atom. The van der Waals surface area contributed by atoms with Gasteiger partial charge in [-0.2, -0.15) is 0 Å². The van der Waals surface area contributed by atoms with Gasteiger partial charge < -0.3 is 20.3 Å². The molecule has 3 aromatic rings. The van der Waals surface area contributed by atoms with Crippen LogP contribution in [0.3, 0.4) is 0 Å². The van der Waals surface area contributed by atoms with E-state index in [4.69, 9.17) is 4.74 Å². The van der Waals surface area contributed by atoms with Crippen LogP contribution in [0.4, 0.5) is 22.0 Å². The van der Waals surface area contributed by atoms with Crippen molar-refractivity contribution in [1.82, 2.24) is 15.2 Å². The van der Waals surface area contributed by atoms with Crippen molar-refractivity contribution in [2.24, 2.45) is 0 Å². The molecular formula is C22H25N5O3. The first-order valence-electron chi connectivity index (χ1n) is 9.53. The second kappa shape index (κ2) is 9.13. The van der Waals surface area contributed by atoms with Gasteiger partial charge in [-0.15, -0.1) is 0 Å². The summed E-state index contributed by atoms with van der Waals surface area (Å²) < 4.78 is 5.33. The Bertz CT molecular complexity index is 1080. The van der Waals surface area contributed by atoms with E-state index in [1.54, 1.807) is 32.4 Å². The minimum Gasteiger partial charge on any atom is -0.496 e. The molecule has 3 N–H and O–H groups in total. The Morgan fingerprint density at radius 1 is 1.13 bits per heavy atom. The van der Waals surface area contributed by atoms with Gasteiger partial charge in [0.2, 0.25) is 0 Å². The summed E-state index contributed by atoms with van der Waals surface area (Å²) in [4.78, 5) is 30.1. The van der Waals surface area contributed by atoms with E-state index in [2.05, 4.69) is 20.9 Å². The number of amides is 3. The lowest BCUT2D eigenvalue weighted by Gasteiger charge is -2.16. The highest BCUT2D eigenvalue weighted by Crippen LogP contribution is 2.30. The average molecular weight is 407 g/mol. The Labute approximate surface area is 175 Å². The number of nitrogens with one attached hydrogen (secondary N) is 3. The quantitative estimate of drug-likeness (QED) is 0.577. The van der Waals surface area contributed by atoms with Gasteiger partial charge in [-0.3, -0.25) is 10.1 Å². The number of rotatable bonds is 6. The van der Waals surface area contributed by atoms with E-state index in [1.165, 1.54) is 12.0 Å². The Morgan fingerprint density at radius 2 is 1.93 bits per heavy atom. The molecule has 156 valence electrons. The predicted octanol–water partition coefficient (Wildman–Crippen LogP) is 3.83. The van der Waals surface area contributed by atoms with Gasteiger partial charge in [0.1, 0.15) is 11.6 Å². The number of nitrogens with zero attached hydrogens (tertiary/aromatic N) is 2. The molecule has 0 saturated carbocycles. The third-order valence-corrected chi connectivity index (χ3v) is 4.46. The molecule has 0 atom stereocenters. The molecule has 2 aromatic carbocycles.